The molecule has 0 amide bonds. The van der Waals surface area contributed by atoms with E-state index in [4.69, 9.17) is 4.74 Å². The Balaban J connectivity index is 1.92. The Bertz CT molecular complexity index is 796. The molecule has 0 aromatic heterocycles. The molecule has 3 rings (SSSR count). The van der Waals surface area contributed by atoms with Crippen molar-refractivity contribution >= 4 is 17.1 Å². The van der Waals surface area contributed by atoms with Crippen LogP contribution in [0.1, 0.15) is 15.9 Å². The Morgan fingerprint density at radius 3 is 2.67 bits per heavy atom. The lowest BCUT2D eigenvalue weighted by atomic mass is 10.0. The van der Waals surface area contributed by atoms with Crippen molar-refractivity contribution in [2.45, 2.75) is 6.61 Å². The summed E-state index contributed by atoms with van der Waals surface area (Å²) in [5, 5.41) is 1.84. The molecule has 2 nitrogen and oxygen atoms in total. The number of halogens is 1. The van der Waals surface area contributed by atoms with Gasteiger partial charge in [0.05, 0.1) is 5.56 Å². The van der Waals surface area contributed by atoms with Crippen molar-refractivity contribution in [3.05, 3.63) is 77.6 Å². The van der Waals surface area contributed by atoms with Crippen molar-refractivity contribution in [2.24, 2.45) is 0 Å². The second kappa shape index (κ2) is 5.75. The number of hydrogen-bond acceptors (Lipinski definition) is 2. The van der Waals surface area contributed by atoms with E-state index in [0.717, 1.165) is 22.6 Å². The highest BCUT2D eigenvalue weighted by molar-refractivity contribution is 6.00. The van der Waals surface area contributed by atoms with Gasteiger partial charge in [-0.2, -0.15) is 0 Å². The molecule has 0 heterocycles. The summed E-state index contributed by atoms with van der Waals surface area (Å²) in [4.78, 5) is 11.4. The Morgan fingerprint density at radius 1 is 1.00 bits per heavy atom. The highest BCUT2D eigenvalue weighted by Crippen LogP contribution is 2.27. The van der Waals surface area contributed by atoms with E-state index in [1.54, 1.807) is 18.2 Å². The van der Waals surface area contributed by atoms with Gasteiger partial charge < -0.3 is 4.74 Å². The van der Waals surface area contributed by atoms with Gasteiger partial charge in [0.1, 0.15) is 18.2 Å². The van der Waals surface area contributed by atoms with E-state index in [-0.39, 0.29) is 12.4 Å². The third-order valence-corrected chi connectivity index (χ3v) is 3.33. The van der Waals surface area contributed by atoms with Crippen LogP contribution >= 0.6 is 0 Å². The van der Waals surface area contributed by atoms with Crippen LogP contribution in [0.5, 0.6) is 5.75 Å². The van der Waals surface area contributed by atoms with Crippen molar-refractivity contribution in [1.29, 1.82) is 0 Å². The minimum atomic E-state index is -0.301. The average Bonchev–Trinajstić information content (AvgIpc) is 2.52. The van der Waals surface area contributed by atoms with Crippen LogP contribution in [-0.2, 0) is 6.61 Å². The van der Waals surface area contributed by atoms with Gasteiger partial charge in [-0.1, -0.05) is 42.5 Å². The standard InChI is InChI=1S/C18H13FO2/c19-15-6-3-4-13(10-15)12-21-18-9-8-14-5-1-2-7-16(14)17(18)11-20/h1-11H,12H2. The molecule has 0 aliphatic rings. The number of aldehydes is 1. The zero-order valence-electron chi connectivity index (χ0n) is 11.3. The third-order valence-electron chi connectivity index (χ3n) is 3.33. The molecular formula is C18H13FO2. The number of fused-ring (bicyclic) bond motifs is 1. The first-order chi connectivity index (χ1) is 10.3. The summed E-state index contributed by atoms with van der Waals surface area (Å²) in [6.45, 7) is 0.219. The van der Waals surface area contributed by atoms with Gasteiger partial charge in [0.25, 0.3) is 0 Å². The van der Waals surface area contributed by atoms with E-state index in [2.05, 4.69) is 0 Å². The van der Waals surface area contributed by atoms with Crippen LogP contribution in [0.25, 0.3) is 10.8 Å². The van der Waals surface area contributed by atoms with E-state index < -0.39 is 0 Å². The summed E-state index contributed by atoms with van der Waals surface area (Å²) < 4.78 is 18.8. The second-order valence-electron chi connectivity index (χ2n) is 4.73. The number of benzene rings is 3. The molecule has 3 aromatic rings. The normalized spacial score (nSPS) is 10.5. The first kappa shape index (κ1) is 13.3. The van der Waals surface area contributed by atoms with Crippen LogP contribution in [-0.4, -0.2) is 6.29 Å². The Labute approximate surface area is 121 Å². The maximum absolute atomic E-state index is 13.1. The van der Waals surface area contributed by atoms with E-state index in [1.165, 1.54) is 12.1 Å². The predicted molar refractivity (Wildman–Crippen MR) is 80.1 cm³/mol. The smallest absolute Gasteiger partial charge is 0.154 e. The molecule has 0 fully saturated rings. The average molecular weight is 280 g/mol. The van der Waals surface area contributed by atoms with Gasteiger partial charge in [-0.25, -0.2) is 4.39 Å². The first-order valence-corrected chi connectivity index (χ1v) is 6.62. The molecule has 0 aliphatic carbocycles. The van der Waals surface area contributed by atoms with Crippen molar-refractivity contribution in [3.8, 4) is 5.75 Å². The molecule has 0 aliphatic heterocycles. The van der Waals surface area contributed by atoms with Crippen LogP contribution < -0.4 is 4.74 Å². The fourth-order valence-electron chi connectivity index (χ4n) is 2.31. The summed E-state index contributed by atoms with van der Waals surface area (Å²) in [5.41, 5.74) is 1.24. The second-order valence-corrected chi connectivity index (χ2v) is 4.73. The minimum Gasteiger partial charge on any atom is -0.488 e. The SMILES string of the molecule is O=Cc1c(OCc2cccc(F)c2)ccc2ccccc12. The van der Waals surface area contributed by atoms with E-state index >= 15 is 0 Å². The number of carbonyl (C=O) groups is 1. The number of ether oxygens (including phenoxy) is 1. The lowest BCUT2D eigenvalue weighted by Gasteiger charge is -2.11. The van der Waals surface area contributed by atoms with Crippen molar-refractivity contribution in [1.82, 2.24) is 0 Å². The van der Waals surface area contributed by atoms with Crippen molar-refractivity contribution in [2.75, 3.05) is 0 Å². The molecule has 0 saturated heterocycles. The largest absolute Gasteiger partial charge is 0.488 e. The highest BCUT2D eigenvalue weighted by atomic mass is 19.1. The highest BCUT2D eigenvalue weighted by Gasteiger charge is 2.08. The van der Waals surface area contributed by atoms with Gasteiger partial charge in [-0.15, -0.1) is 0 Å². The monoisotopic (exact) mass is 280 g/mol. The summed E-state index contributed by atoms with van der Waals surface area (Å²) >= 11 is 0. The Kier molecular flexibility index (Phi) is 3.65. The molecule has 0 N–H and O–H groups in total. The molecule has 0 saturated carbocycles. The number of rotatable bonds is 4. The van der Waals surface area contributed by atoms with Gasteiger partial charge in [0.2, 0.25) is 0 Å². The maximum Gasteiger partial charge on any atom is 0.154 e. The molecule has 3 aromatic carbocycles. The molecule has 0 spiro atoms. The molecular weight excluding hydrogens is 267 g/mol. The van der Waals surface area contributed by atoms with Crippen LogP contribution in [0.2, 0.25) is 0 Å². The zero-order chi connectivity index (χ0) is 14.7. The Morgan fingerprint density at radius 2 is 1.86 bits per heavy atom. The fraction of sp³-hybridized carbons (Fsp3) is 0.0556. The third kappa shape index (κ3) is 2.77. The van der Waals surface area contributed by atoms with E-state index in [0.29, 0.717) is 11.3 Å². The van der Waals surface area contributed by atoms with Gasteiger partial charge in [0, 0.05) is 0 Å². The maximum atomic E-state index is 13.1. The quantitative estimate of drug-likeness (QED) is 0.663. The van der Waals surface area contributed by atoms with Crippen LogP contribution in [0.3, 0.4) is 0 Å². The zero-order valence-corrected chi connectivity index (χ0v) is 11.3. The molecule has 104 valence electrons. The number of carbonyl (C=O) groups excluding carboxylic acids is 1. The summed E-state index contributed by atoms with van der Waals surface area (Å²) in [6, 6.07) is 17.5. The summed E-state index contributed by atoms with van der Waals surface area (Å²) in [5.74, 6) is 0.207. The molecule has 0 atom stereocenters. The van der Waals surface area contributed by atoms with Gasteiger partial charge >= 0.3 is 0 Å². The predicted octanol–water partition coefficient (Wildman–Crippen LogP) is 4.37. The molecule has 0 radical (unpaired) electrons. The van der Waals surface area contributed by atoms with E-state index in [9.17, 15) is 9.18 Å². The summed E-state index contributed by atoms with van der Waals surface area (Å²) in [6.07, 6.45) is 0.795. The molecule has 0 bridgehead atoms. The molecule has 3 heteroatoms. The Hall–Kier alpha value is -2.68. The lowest BCUT2D eigenvalue weighted by Crippen LogP contribution is -1.99. The van der Waals surface area contributed by atoms with Gasteiger partial charge in [-0.05, 0) is 34.5 Å². The van der Waals surface area contributed by atoms with Crippen LogP contribution in [0, 0.1) is 5.82 Å². The topological polar surface area (TPSA) is 26.3 Å². The van der Waals surface area contributed by atoms with Crippen LogP contribution in [0.15, 0.2) is 60.7 Å². The molecule has 21 heavy (non-hydrogen) atoms. The van der Waals surface area contributed by atoms with Gasteiger partial charge in [0.15, 0.2) is 6.29 Å². The van der Waals surface area contributed by atoms with E-state index in [1.807, 2.05) is 30.3 Å². The molecule has 0 unspecified atom stereocenters. The fourth-order valence-corrected chi connectivity index (χ4v) is 2.31. The van der Waals surface area contributed by atoms with Crippen molar-refractivity contribution in [3.63, 3.8) is 0 Å². The lowest BCUT2D eigenvalue weighted by molar-refractivity contribution is 0.112. The minimum absolute atomic E-state index is 0.219. The first-order valence-electron chi connectivity index (χ1n) is 6.62. The van der Waals surface area contributed by atoms with Crippen molar-refractivity contribution < 1.29 is 13.9 Å². The number of hydrogen-bond donors (Lipinski definition) is 0. The van der Waals surface area contributed by atoms with Crippen LogP contribution in [0.4, 0.5) is 4.39 Å². The van der Waals surface area contributed by atoms with Gasteiger partial charge in [-0.3, -0.25) is 4.79 Å². The summed E-state index contributed by atoms with van der Waals surface area (Å²) in [7, 11) is 0.